The van der Waals surface area contributed by atoms with Crippen molar-refractivity contribution in [2.45, 2.75) is 18.8 Å². The molecule has 2 heterocycles. The first kappa shape index (κ1) is 12.1. The molecule has 2 aromatic rings. The second-order valence-corrected chi connectivity index (χ2v) is 5.73. The first-order valence-corrected chi connectivity index (χ1v) is 7.06. The topological polar surface area (TPSA) is 64.7 Å². The highest BCUT2D eigenvalue weighted by Crippen LogP contribution is 2.42. The molecule has 1 fully saturated rings. The summed E-state index contributed by atoms with van der Waals surface area (Å²) in [5.41, 5.74) is 7.56. The van der Waals surface area contributed by atoms with Crippen LogP contribution in [0.5, 0.6) is 0 Å². The first-order valence-electron chi connectivity index (χ1n) is 5.60. The zero-order valence-corrected chi connectivity index (χ0v) is 12.3. The third-order valence-electron chi connectivity index (χ3n) is 2.84. The molecular formula is C12H10ClIN4. The van der Waals surface area contributed by atoms with Crippen LogP contribution in [0.2, 0.25) is 5.02 Å². The predicted molar refractivity (Wildman–Crippen MR) is 79.4 cm³/mol. The van der Waals surface area contributed by atoms with E-state index < -0.39 is 0 Å². The maximum absolute atomic E-state index is 6.11. The van der Waals surface area contributed by atoms with Gasteiger partial charge in [0, 0.05) is 12.1 Å². The zero-order valence-electron chi connectivity index (χ0n) is 9.40. The number of nitrogens with two attached hydrogens (primary N) is 1. The molecule has 0 radical (unpaired) electrons. The highest BCUT2D eigenvalue weighted by atomic mass is 127. The Kier molecular flexibility index (Phi) is 3.11. The second kappa shape index (κ2) is 4.62. The van der Waals surface area contributed by atoms with Crippen LogP contribution in [-0.2, 0) is 0 Å². The van der Waals surface area contributed by atoms with Crippen LogP contribution >= 0.6 is 34.2 Å². The summed E-state index contributed by atoms with van der Waals surface area (Å²) in [5.74, 6) is 1.54. The molecular weight excluding hydrogens is 363 g/mol. The molecule has 0 aromatic carbocycles. The quantitative estimate of drug-likeness (QED) is 0.822. The molecule has 0 saturated heterocycles. The smallest absolute Gasteiger partial charge is 0.182 e. The summed E-state index contributed by atoms with van der Waals surface area (Å²) in [4.78, 5) is 13.1. The molecule has 0 spiro atoms. The molecule has 0 atom stereocenters. The van der Waals surface area contributed by atoms with Crippen LogP contribution in [0.1, 0.15) is 24.5 Å². The third kappa shape index (κ3) is 2.16. The SMILES string of the molecule is Nc1nc(-c2ncccc2Cl)nc(C2CC2)c1I. The van der Waals surface area contributed by atoms with E-state index in [1.165, 1.54) is 12.8 Å². The minimum atomic E-state index is 0.504. The van der Waals surface area contributed by atoms with Crippen LogP contribution in [0.15, 0.2) is 18.3 Å². The van der Waals surface area contributed by atoms with Gasteiger partial charge in [-0.2, -0.15) is 0 Å². The van der Waals surface area contributed by atoms with Gasteiger partial charge in [0.2, 0.25) is 0 Å². The van der Waals surface area contributed by atoms with E-state index in [9.17, 15) is 0 Å². The van der Waals surface area contributed by atoms with E-state index in [2.05, 4.69) is 37.5 Å². The van der Waals surface area contributed by atoms with E-state index in [1.54, 1.807) is 18.3 Å². The lowest BCUT2D eigenvalue weighted by atomic mass is 10.2. The van der Waals surface area contributed by atoms with Crippen molar-refractivity contribution in [2.75, 3.05) is 5.73 Å². The lowest BCUT2D eigenvalue weighted by Gasteiger charge is -2.08. The van der Waals surface area contributed by atoms with Gasteiger partial charge in [-0.15, -0.1) is 0 Å². The number of rotatable bonds is 2. The fourth-order valence-corrected chi connectivity index (χ4v) is 2.65. The number of anilines is 1. The molecule has 2 N–H and O–H groups in total. The van der Waals surface area contributed by atoms with E-state index in [4.69, 9.17) is 17.3 Å². The number of halogens is 2. The van der Waals surface area contributed by atoms with Gasteiger partial charge >= 0.3 is 0 Å². The molecule has 3 rings (SSSR count). The average molecular weight is 373 g/mol. The average Bonchev–Trinajstić information content (AvgIpc) is 3.17. The molecule has 0 bridgehead atoms. The largest absolute Gasteiger partial charge is 0.383 e. The molecule has 0 unspecified atom stereocenters. The van der Waals surface area contributed by atoms with Crippen LogP contribution in [0.3, 0.4) is 0 Å². The van der Waals surface area contributed by atoms with E-state index in [1.807, 2.05) is 0 Å². The van der Waals surface area contributed by atoms with Crippen LogP contribution in [0.4, 0.5) is 5.82 Å². The molecule has 1 aliphatic rings. The Morgan fingerprint density at radius 1 is 1.33 bits per heavy atom. The van der Waals surface area contributed by atoms with Crippen molar-refractivity contribution in [1.82, 2.24) is 15.0 Å². The number of nitrogen functional groups attached to an aromatic ring is 1. The van der Waals surface area contributed by atoms with Crippen molar-refractivity contribution in [1.29, 1.82) is 0 Å². The van der Waals surface area contributed by atoms with Gasteiger partial charge in [-0.05, 0) is 47.6 Å². The van der Waals surface area contributed by atoms with Gasteiger partial charge in [0.15, 0.2) is 5.82 Å². The monoisotopic (exact) mass is 372 g/mol. The minimum absolute atomic E-state index is 0.504. The summed E-state index contributed by atoms with van der Waals surface area (Å²) in [5, 5.41) is 0.542. The molecule has 1 saturated carbocycles. The number of aromatic nitrogens is 3. The number of nitrogens with zero attached hydrogens (tertiary/aromatic N) is 3. The molecule has 0 amide bonds. The van der Waals surface area contributed by atoms with Crippen molar-refractivity contribution in [3.63, 3.8) is 0 Å². The zero-order chi connectivity index (χ0) is 12.7. The fourth-order valence-electron chi connectivity index (χ4n) is 1.77. The molecule has 92 valence electrons. The second-order valence-electron chi connectivity index (χ2n) is 4.24. The Balaban J connectivity index is 2.16. The van der Waals surface area contributed by atoms with Crippen LogP contribution in [-0.4, -0.2) is 15.0 Å². The maximum atomic E-state index is 6.11. The summed E-state index contributed by atoms with van der Waals surface area (Å²) in [6.07, 6.45) is 4.01. The Bertz CT molecular complexity index is 613. The molecule has 1 aliphatic carbocycles. The van der Waals surface area contributed by atoms with Crippen molar-refractivity contribution >= 4 is 40.0 Å². The van der Waals surface area contributed by atoms with E-state index in [-0.39, 0.29) is 0 Å². The number of hydrogen-bond donors (Lipinski definition) is 1. The van der Waals surface area contributed by atoms with Crippen LogP contribution in [0.25, 0.3) is 11.5 Å². The molecule has 18 heavy (non-hydrogen) atoms. The van der Waals surface area contributed by atoms with Crippen molar-refractivity contribution < 1.29 is 0 Å². The van der Waals surface area contributed by atoms with Gasteiger partial charge in [0.1, 0.15) is 11.5 Å². The Hall–Kier alpha value is -0.950. The van der Waals surface area contributed by atoms with Gasteiger partial charge in [0.05, 0.1) is 14.3 Å². The highest BCUT2D eigenvalue weighted by molar-refractivity contribution is 14.1. The van der Waals surface area contributed by atoms with Gasteiger partial charge < -0.3 is 5.73 Å². The van der Waals surface area contributed by atoms with Crippen molar-refractivity contribution in [3.8, 4) is 11.5 Å². The third-order valence-corrected chi connectivity index (χ3v) is 4.25. The molecule has 2 aromatic heterocycles. The summed E-state index contributed by atoms with van der Waals surface area (Å²) >= 11 is 8.31. The maximum Gasteiger partial charge on any atom is 0.182 e. The summed E-state index contributed by atoms with van der Waals surface area (Å²) in [7, 11) is 0. The van der Waals surface area contributed by atoms with E-state index in [0.29, 0.717) is 28.3 Å². The van der Waals surface area contributed by atoms with Gasteiger partial charge in [-0.3, -0.25) is 4.98 Å². The lowest BCUT2D eigenvalue weighted by Crippen LogP contribution is -2.05. The first-order chi connectivity index (χ1) is 8.66. The molecule has 6 heteroatoms. The summed E-state index contributed by atoms with van der Waals surface area (Å²) in [6, 6.07) is 3.56. The molecule has 0 aliphatic heterocycles. The predicted octanol–water partition coefficient (Wildman–Crippen LogP) is 3.26. The molecule has 4 nitrogen and oxygen atoms in total. The number of hydrogen-bond acceptors (Lipinski definition) is 4. The summed E-state index contributed by atoms with van der Waals surface area (Å²) < 4.78 is 0.950. The Morgan fingerprint density at radius 2 is 2.11 bits per heavy atom. The Labute approximate surface area is 123 Å². The van der Waals surface area contributed by atoms with E-state index in [0.717, 1.165) is 9.26 Å². The minimum Gasteiger partial charge on any atom is -0.383 e. The lowest BCUT2D eigenvalue weighted by molar-refractivity contribution is 0.977. The fraction of sp³-hybridized carbons (Fsp3) is 0.250. The summed E-state index contributed by atoms with van der Waals surface area (Å²) in [6.45, 7) is 0. The van der Waals surface area contributed by atoms with Crippen LogP contribution < -0.4 is 5.73 Å². The van der Waals surface area contributed by atoms with Crippen molar-refractivity contribution in [3.05, 3.63) is 32.6 Å². The van der Waals surface area contributed by atoms with Crippen LogP contribution in [0, 0.1) is 3.57 Å². The highest BCUT2D eigenvalue weighted by Gasteiger charge is 2.29. The standard InChI is InChI=1S/C12H10ClIN4/c13-7-2-1-5-16-10(7)12-17-9(6-3-4-6)8(14)11(15)18-12/h1-2,5-6H,3-4H2,(H2,15,17,18). The van der Waals surface area contributed by atoms with Crippen molar-refractivity contribution in [2.24, 2.45) is 0 Å². The van der Waals surface area contributed by atoms with Gasteiger partial charge in [0.25, 0.3) is 0 Å². The van der Waals surface area contributed by atoms with E-state index >= 15 is 0 Å². The van der Waals surface area contributed by atoms with Gasteiger partial charge in [-0.25, -0.2) is 9.97 Å². The normalized spacial score (nSPS) is 14.8. The number of pyridine rings is 1. The van der Waals surface area contributed by atoms with Gasteiger partial charge in [-0.1, -0.05) is 11.6 Å². The Morgan fingerprint density at radius 3 is 2.78 bits per heavy atom.